The molecule has 2 aliphatic rings. The Balaban J connectivity index is 0.000000364. The van der Waals surface area contributed by atoms with Crippen molar-refractivity contribution in [1.82, 2.24) is 0 Å². The minimum absolute atomic E-state index is 0. The van der Waals surface area contributed by atoms with Gasteiger partial charge in [-0.2, -0.15) is 5.92 Å². The van der Waals surface area contributed by atoms with E-state index in [9.17, 15) is 0 Å². The molecule has 2 aliphatic carbocycles. The van der Waals surface area contributed by atoms with E-state index < -0.39 is 0 Å². The molecule has 0 aliphatic heterocycles. The van der Waals surface area contributed by atoms with E-state index in [4.69, 9.17) is 0 Å². The van der Waals surface area contributed by atoms with Crippen LogP contribution in [0.1, 0.15) is 62.3 Å². The van der Waals surface area contributed by atoms with Crippen LogP contribution >= 0.6 is 0 Å². The summed E-state index contributed by atoms with van der Waals surface area (Å²) in [5.41, 5.74) is 0. The van der Waals surface area contributed by atoms with Crippen molar-refractivity contribution in [2.75, 3.05) is 0 Å². The van der Waals surface area contributed by atoms with Crippen molar-refractivity contribution in [2.24, 2.45) is 0 Å². The molecule has 0 aromatic heterocycles. The first-order valence-electron chi connectivity index (χ1n) is 7.35. The fourth-order valence-electron chi connectivity index (χ4n) is 2.70. The van der Waals surface area contributed by atoms with Crippen molar-refractivity contribution in [2.45, 2.75) is 62.3 Å². The summed E-state index contributed by atoms with van der Waals surface area (Å²) in [6.07, 6.45) is 0. The molecule has 0 heterocycles. The first-order chi connectivity index (χ1) is 9.11. The van der Waals surface area contributed by atoms with E-state index in [1.165, 1.54) is 59.2 Å². The van der Waals surface area contributed by atoms with Crippen LogP contribution in [0.2, 0.25) is 0 Å². The summed E-state index contributed by atoms with van der Waals surface area (Å²) in [5.74, 6) is 14.1. The third-order valence-corrected chi connectivity index (χ3v) is 5.41. The molecule has 21 heavy (non-hydrogen) atoms. The summed E-state index contributed by atoms with van der Waals surface area (Å²) < 4.78 is 0. The maximum Gasteiger partial charge on any atom is 3.00 e. The zero-order valence-electron chi connectivity index (χ0n) is 15.2. The third kappa shape index (κ3) is 4.38. The maximum absolute atomic E-state index is 4.00. The smallest absolute Gasteiger partial charge is 0.338 e. The largest absolute Gasteiger partial charge is 3.00 e. The Morgan fingerprint density at radius 1 is 0.381 bits per heavy atom. The average Bonchev–Trinajstić information content (AvgIpc) is 2.71. The first kappa shape index (κ1) is 21.7. The van der Waals surface area contributed by atoms with Gasteiger partial charge in [-0.15, -0.1) is 0 Å². The normalized spacial score (nSPS) is 27.1. The molecule has 111 valence electrons. The number of hydrogen-bond donors (Lipinski definition) is 0. The van der Waals surface area contributed by atoms with Crippen molar-refractivity contribution < 1.29 is 21.7 Å². The van der Waals surface area contributed by atoms with E-state index >= 15 is 0 Å². The molecule has 0 atom stereocenters. The molecular formula is C20H29Ti+2. The van der Waals surface area contributed by atoms with Crippen LogP contribution in [0, 0.1) is 66.1 Å². The summed E-state index contributed by atoms with van der Waals surface area (Å²) in [7, 11) is 0. The summed E-state index contributed by atoms with van der Waals surface area (Å²) in [5, 5.41) is 0. The molecule has 1 heteroatoms. The van der Waals surface area contributed by atoms with Gasteiger partial charge < -0.3 is 6.92 Å². The monoisotopic (exact) mass is 317 g/mol. The van der Waals surface area contributed by atoms with E-state index in [-0.39, 0.29) is 21.7 Å². The predicted molar refractivity (Wildman–Crippen MR) is 88.9 cm³/mol. The van der Waals surface area contributed by atoms with Gasteiger partial charge >= 0.3 is 21.7 Å². The Kier molecular flexibility index (Phi) is 8.82. The summed E-state index contributed by atoms with van der Waals surface area (Å²) >= 11 is 0. The molecular weight excluding hydrogens is 288 g/mol. The fraction of sp³-hybridized carbons (Fsp3) is 0.450. The van der Waals surface area contributed by atoms with E-state index in [0.29, 0.717) is 0 Å². The van der Waals surface area contributed by atoms with Crippen molar-refractivity contribution >= 4 is 0 Å². The zero-order valence-corrected chi connectivity index (χ0v) is 16.8. The summed E-state index contributed by atoms with van der Waals surface area (Å²) in [6.45, 7) is 23.6. The Morgan fingerprint density at radius 2 is 0.524 bits per heavy atom. The Bertz CT molecular complexity index is 181. The van der Waals surface area contributed by atoms with Gasteiger partial charge in [0.1, 0.15) is 0 Å². The van der Waals surface area contributed by atoms with Gasteiger partial charge in [-0.05, 0) is 53.3 Å². The number of hydrogen-bond acceptors (Lipinski definition) is 0. The van der Waals surface area contributed by atoms with E-state index in [0.717, 1.165) is 0 Å². The van der Waals surface area contributed by atoms with Crippen LogP contribution in [0.4, 0.5) is 0 Å². The zero-order chi connectivity index (χ0) is 15.8. The standard InChI is InChI=1S/C10H15.C10H14.Ti/c2*1-6-7(2)9(4)10(5)8(6)3;/h1-5H3;1H2,2-5H3;/q;-1;+3. The van der Waals surface area contributed by atoms with Gasteiger partial charge in [0, 0.05) is 0 Å². The van der Waals surface area contributed by atoms with Crippen LogP contribution in [0.5, 0.6) is 0 Å². The van der Waals surface area contributed by atoms with Crippen molar-refractivity contribution in [3.63, 3.8) is 0 Å². The Hall–Kier alpha value is 0.714. The molecule has 2 saturated carbocycles. The minimum atomic E-state index is 0. The van der Waals surface area contributed by atoms with Gasteiger partial charge in [0.2, 0.25) is 0 Å². The predicted octanol–water partition coefficient (Wildman–Crippen LogP) is 5.76. The van der Waals surface area contributed by atoms with E-state index in [1.807, 2.05) is 0 Å². The van der Waals surface area contributed by atoms with Gasteiger partial charge in [0.05, 0.1) is 0 Å². The second kappa shape index (κ2) is 8.53. The second-order valence-corrected chi connectivity index (χ2v) is 6.10. The van der Waals surface area contributed by atoms with Crippen LogP contribution in [-0.4, -0.2) is 0 Å². The minimum Gasteiger partial charge on any atom is -0.338 e. The van der Waals surface area contributed by atoms with Gasteiger partial charge in [0.25, 0.3) is 0 Å². The van der Waals surface area contributed by atoms with Crippen molar-refractivity contribution in [3.05, 3.63) is 66.1 Å². The molecule has 0 N–H and O–H groups in total. The van der Waals surface area contributed by atoms with Crippen LogP contribution in [-0.2, 0) is 21.7 Å². The number of rotatable bonds is 0. The van der Waals surface area contributed by atoms with Crippen LogP contribution < -0.4 is 0 Å². The van der Waals surface area contributed by atoms with Gasteiger partial charge in [-0.25, -0.2) is 0 Å². The van der Waals surface area contributed by atoms with Gasteiger partial charge in [-0.1, -0.05) is 62.3 Å². The topological polar surface area (TPSA) is 0 Å². The molecule has 11 radical (unpaired) electrons. The molecule has 0 aromatic carbocycles. The third-order valence-electron chi connectivity index (χ3n) is 5.41. The second-order valence-electron chi connectivity index (χ2n) is 6.10. The van der Waals surface area contributed by atoms with Crippen molar-refractivity contribution in [1.29, 1.82) is 0 Å². The summed E-state index contributed by atoms with van der Waals surface area (Å²) in [6, 6.07) is 0. The van der Waals surface area contributed by atoms with Crippen molar-refractivity contribution in [3.8, 4) is 0 Å². The molecule has 2 rings (SSSR count). The van der Waals surface area contributed by atoms with Gasteiger partial charge in [-0.3, -0.25) is 0 Å². The SMILES string of the molecule is C[C]1[C](C)[C](C)[C](C)[C]1C.[CH2-][C]1[C](C)[C](C)[C](C)[C]1C.[Ti+3]. The molecule has 0 spiro atoms. The Labute approximate surface area is 150 Å². The van der Waals surface area contributed by atoms with E-state index in [1.54, 1.807) is 0 Å². The average molecular weight is 317 g/mol. The molecule has 0 saturated heterocycles. The Morgan fingerprint density at radius 3 is 0.619 bits per heavy atom. The fourth-order valence-corrected chi connectivity index (χ4v) is 2.70. The first-order valence-corrected chi connectivity index (χ1v) is 7.35. The molecule has 0 unspecified atom stereocenters. The maximum atomic E-state index is 4.00. The van der Waals surface area contributed by atoms with E-state index in [2.05, 4.69) is 69.2 Å². The summed E-state index contributed by atoms with van der Waals surface area (Å²) in [4.78, 5) is 0. The van der Waals surface area contributed by atoms with Crippen LogP contribution in [0.3, 0.4) is 0 Å². The van der Waals surface area contributed by atoms with Gasteiger partial charge in [0.15, 0.2) is 0 Å². The molecule has 0 aromatic rings. The molecule has 0 nitrogen and oxygen atoms in total. The molecule has 2 fully saturated rings. The van der Waals surface area contributed by atoms with Crippen LogP contribution in [0.25, 0.3) is 0 Å². The van der Waals surface area contributed by atoms with Crippen LogP contribution in [0.15, 0.2) is 0 Å². The molecule has 0 amide bonds. The quantitative estimate of drug-likeness (QED) is 0.394. The molecule has 0 bridgehead atoms.